The second-order valence-electron chi connectivity index (χ2n) is 7.66. The second kappa shape index (κ2) is 8.86. The number of nitrogens with zero attached hydrogens (tertiary/aromatic N) is 1. The number of ether oxygens (including phenoxy) is 1. The summed E-state index contributed by atoms with van der Waals surface area (Å²) in [6.07, 6.45) is -0.920. The predicted octanol–water partition coefficient (Wildman–Crippen LogP) is 5.84. The topological polar surface area (TPSA) is 62.6 Å². The molecular weight excluding hydrogens is 419 g/mol. The zero-order valence-corrected chi connectivity index (χ0v) is 17.2. The first-order valence-electron chi connectivity index (χ1n) is 9.63. The molecule has 0 saturated carbocycles. The van der Waals surface area contributed by atoms with E-state index < -0.39 is 36.3 Å². The second-order valence-corrected chi connectivity index (χ2v) is 8.10. The summed E-state index contributed by atoms with van der Waals surface area (Å²) in [5.74, 6) is -0.743. The van der Waals surface area contributed by atoms with E-state index in [0.29, 0.717) is 28.5 Å². The van der Waals surface area contributed by atoms with Crippen LogP contribution in [0.4, 0.5) is 13.2 Å². The lowest BCUT2D eigenvalue weighted by Crippen LogP contribution is -2.46. The molecule has 2 atom stereocenters. The number of aliphatic hydroxyl groups excluding tert-OH is 1. The minimum atomic E-state index is -4.94. The molecule has 0 amide bonds. The molecule has 0 bridgehead atoms. The van der Waals surface area contributed by atoms with Crippen molar-refractivity contribution in [3.05, 3.63) is 64.1 Å². The lowest BCUT2D eigenvalue weighted by molar-refractivity contribution is -0.265. The number of halogens is 4. The molecule has 0 saturated heterocycles. The van der Waals surface area contributed by atoms with Gasteiger partial charge >= 0.3 is 6.18 Å². The Kier molecular flexibility index (Phi) is 6.62. The van der Waals surface area contributed by atoms with Crippen molar-refractivity contribution in [1.29, 1.82) is 0 Å². The van der Waals surface area contributed by atoms with Gasteiger partial charge in [-0.25, -0.2) is 0 Å². The Morgan fingerprint density at radius 3 is 2.67 bits per heavy atom. The Morgan fingerprint density at radius 2 is 2.00 bits per heavy atom. The molecule has 30 heavy (non-hydrogen) atoms. The maximum atomic E-state index is 13.8. The van der Waals surface area contributed by atoms with Crippen LogP contribution in [0, 0.1) is 0 Å². The number of pyridine rings is 1. The molecule has 4 nitrogen and oxygen atoms in total. The quantitative estimate of drug-likeness (QED) is 0.553. The van der Waals surface area contributed by atoms with Crippen molar-refractivity contribution in [3.63, 3.8) is 0 Å². The molecule has 2 unspecified atom stereocenters. The normalized spacial score (nSPS) is 17.6. The molecule has 1 aliphatic rings. The maximum absolute atomic E-state index is 13.8. The molecule has 0 fully saturated rings. The molecule has 0 spiro atoms. The van der Waals surface area contributed by atoms with Gasteiger partial charge in [-0.15, -0.1) is 0 Å². The molecule has 1 aromatic heterocycles. The van der Waals surface area contributed by atoms with Gasteiger partial charge in [0.1, 0.15) is 5.75 Å². The first-order chi connectivity index (χ1) is 14.1. The van der Waals surface area contributed by atoms with Gasteiger partial charge in [0.05, 0.1) is 12.4 Å². The van der Waals surface area contributed by atoms with Crippen molar-refractivity contribution < 1.29 is 28.1 Å². The van der Waals surface area contributed by atoms with Gasteiger partial charge in [-0.2, -0.15) is 13.2 Å². The van der Waals surface area contributed by atoms with Gasteiger partial charge in [0.25, 0.3) is 0 Å². The number of aryl methyl sites for hydroxylation is 1. The number of hydrogen-bond donors (Lipinski definition) is 2. The summed E-state index contributed by atoms with van der Waals surface area (Å²) < 4.78 is 47.2. The van der Waals surface area contributed by atoms with Crippen molar-refractivity contribution in [2.24, 2.45) is 0 Å². The highest BCUT2D eigenvalue weighted by Gasteiger charge is 2.54. The monoisotopic (exact) mass is 441 g/mol. The predicted molar refractivity (Wildman–Crippen MR) is 109 cm³/mol. The molecule has 1 aromatic carbocycles. The van der Waals surface area contributed by atoms with Crippen molar-refractivity contribution in [2.75, 3.05) is 6.61 Å². The molecule has 2 N–H and O–H groups in total. The van der Waals surface area contributed by atoms with Gasteiger partial charge in [-0.05, 0) is 72.2 Å². The average molecular weight is 442 g/mol. The lowest BCUT2D eigenvalue weighted by Gasteiger charge is -2.34. The van der Waals surface area contributed by atoms with Gasteiger partial charge in [0.2, 0.25) is 0 Å². The number of benzene rings is 1. The van der Waals surface area contributed by atoms with Crippen LogP contribution in [0.2, 0.25) is 5.02 Å². The Morgan fingerprint density at radius 1 is 1.30 bits per heavy atom. The van der Waals surface area contributed by atoms with E-state index in [-0.39, 0.29) is 0 Å². The summed E-state index contributed by atoms with van der Waals surface area (Å²) in [7, 11) is 0. The molecule has 2 aromatic rings. The molecule has 162 valence electrons. The fraction of sp³-hybridized carbons (Fsp3) is 0.409. The summed E-state index contributed by atoms with van der Waals surface area (Å²) >= 11 is 6.17. The van der Waals surface area contributed by atoms with Gasteiger partial charge in [-0.3, -0.25) is 4.98 Å². The van der Waals surface area contributed by atoms with Crippen LogP contribution in [0.5, 0.6) is 5.75 Å². The third-order valence-corrected chi connectivity index (χ3v) is 5.43. The third-order valence-electron chi connectivity index (χ3n) is 5.21. The summed E-state index contributed by atoms with van der Waals surface area (Å²) in [5, 5.41) is 21.2. The Labute approximate surface area is 178 Å². The van der Waals surface area contributed by atoms with Crippen LogP contribution in [0.15, 0.2) is 42.4 Å². The van der Waals surface area contributed by atoms with E-state index in [4.69, 9.17) is 16.3 Å². The molecule has 0 aliphatic carbocycles. The molecule has 2 heterocycles. The van der Waals surface area contributed by atoms with Crippen molar-refractivity contribution in [3.8, 4) is 5.75 Å². The van der Waals surface area contributed by atoms with E-state index >= 15 is 0 Å². The molecule has 8 heteroatoms. The van der Waals surface area contributed by atoms with Crippen LogP contribution in [0.1, 0.15) is 48.8 Å². The number of aromatic nitrogens is 1. The van der Waals surface area contributed by atoms with Gasteiger partial charge < -0.3 is 14.9 Å². The zero-order chi connectivity index (χ0) is 21.9. The zero-order valence-electron chi connectivity index (χ0n) is 16.4. The van der Waals surface area contributed by atoms with E-state index in [1.165, 1.54) is 18.5 Å². The molecular formula is C22H23ClF3NO3. The first kappa shape index (κ1) is 22.4. The fourth-order valence-electron chi connectivity index (χ4n) is 3.75. The number of fused-ring (bicyclic) bond motifs is 1. The molecule has 1 aliphatic heterocycles. The van der Waals surface area contributed by atoms with Gasteiger partial charge in [0.15, 0.2) is 5.60 Å². The van der Waals surface area contributed by atoms with Crippen LogP contribution in [-0.4, -0.2) is 33.6 Å². The van der Waals surface area contributed by atoms with Crippen molar-refractivity contribution >= 4 is 17.7 Å². The van der Waals surface area contributed by atoms with E-state index in [9.17, 15) is 23.4 Å². The smallest absolute Gasteiger partial charge is 0.417 e. The summed E-state index contributed by atoms with van der Waals surface area (Å²) in [5.41, 5.74) is -1.26. The number of aliphatic hydroxyl groups is 2. The molecule has 0 radical (unpaired) electrons. The summed E-state index contributed by atoms with van der Waals surface area (Å²) in [6.45, 7) is 2.07. The van der Waals surface area contributed by atoms with E-state index in [1.807, 2.05) is 0 Å². The first-order valence-corrected chi connectivity index (χ1v) is 10.0. The van der Waals surface area contributed by atoms with E-state index in [2.05, 4.69) is 4.98 Å². The highest BCUT2D eigenvalue weighted by molar-refractivity contribution is 6.30. The third kappa shape index (κ3) is 5.08. The van der Waals surface area contributed by atoms with Crippen LogP contribution in [0.25, 0.3) is 6.08 Å². The van der Waals surface area contributed by atoms with Crippen LogP contribution in [0.3, 0.4) is 0 Å². The van der Waals surface area contributed by atoms with Gasteiger partial charge in [-0.1, -0.05) is 18.5 Å². The highest BCUT2D eigenvalue weighted by Crippen LogP contribution is 2.45. The van der Waals surface area contributed by atoms with Crippen molar-refractivity contribution in [1.82, 2.24) is 4.98 Å². The van der Waals surface area contributed by atoms with E-state index in [1.54, 1.807) is 31.2 Å². The van der Waals surface area contributed by atoms with Crippen LogP contribution >= 0.6 is 11.6 Å². The van der Waals surface area contributed by atoms with Crippen molar-refractivity contribution in [2.45, 2.75) is 50.3 Å². The Balaban J connectivity index is 1.88. The van der Waals surface area contributed by atoms with Crippen LogP contribution in [-0.2, 0) is 6.42 Å². The summed E-state index contributed by atoms with van der Waals surface area (Å²) in [4.78, 5) is 3.82. The average Bonchev–Trinajstić information content (AvgIpc) is 2.66. The standard InChI is InChI=1S/C22H23ClF3NO3/c1-14(19-11-17(23)10-16-3-2-8-30-20(16)19)12-21(29,22(24,25)26)13-18(28)9-15-4-6-27-7-5-15/h4-7,9-11,14,28-29H,2-3,8,12-13H2,1H3/b18-9-. The number of hydrogen-bond acceptors (Lipinski definition) is 4. The minimum Gasteiger partial charge on any atom is -0.512 e. The molecule has 3 rings (SSSR count). The van der Waals surface area contributed by atoms with E-state index in [0.717, 1.165) is 18.4 Å². The van der Waals surface area contributed by atoms with Crippen LogP contribution < -0.4 is 4.74 Å². The SMILES string of the molecule is CC(CC(O)(C/C(O)=C/c1ccncc1)C(F)(F)F)c1cc(Cl)cc2c1OCCC2. The lowest BCUT2D eigenvalue weighted by atomic mass is 9.82. The summed E-state index contributed by atoms with van der Waals surface area (Å²) in [6, 6.07) is 6.42. The fourth-order valence-corrected chi connectivity index (χ4v) is 3.99. The number of rotatable bonds is 6. The Bertz CT molecular complexity index is 918. The highest BCUT2D eigenvalue weighted by atomic mass is 35.5. The Hall–Kier alpha value is -2.25. The minimum absolute atomic E-state index is 0.414. The maximum Gasteiger partial charge on any atom is 0.417 e. The number of alkyl halides is 3. The largest absolute Gasteiger partial charge is 0.512 e. The van der Waals surface area contributed by atoms with Gasteiger partial charge in [0, 0.05) is 23.8 Å².